The Morgan fingerprint density at radius 2 is 2.06 bits per heavy atom. The smallest absolute Gasteiger partial charge is 0.164 e. The maximum Gasteiger partial charge on any atom is 0.164 e. The molecule has 4 heteroatoms. The predicted molar refractivity (Wildman–Crippen MR) is 59.8 cm³/mol. The first-order valence-corrected chi connectivity index (χ1v) is 4.94. The number of methoxy groups -OCH3 is 2. The second-order valence-corrected chi connectivity index (χ2v) is 3.50. The maximum atomic E-state index is 9.16. The van der Waals surface area contributed by atoms with Crippen LogP contribution in [0.3, 0.4) is 0 Å². The van der Waals surface area contributed by atoms with Gasteiger partial charge in [0.15, 0.2) is 11.5 Å². The van der Waals surface area contributed by atoms with Gasteiger partial charge in [0.25, 0.3) is 0 Å². The Labute approximate surface area is 95.0 Å². The first-order chi connectivity index (χ1) is 7.67. The number of aliphatic hydroxyl groups excluding tert-OH is 1. The SMILES string of the molecule is COc1cc(C#N)cc(C(C)CO)c1OC. The zero-order valence-corrected chi connectivity index (χ0v) is 9.65. The maximum absolute atomic E-state index is 9.16. The van der Waals surface area contributed by atoms with Gasteiger partial charge in [-0.25, -0.2) is 0 Å². The molecule has 0 aromatic heterocycles. The highest BCUT2D eigenvalue weighted by Crippen LogP contribution is 2.36. The van der Waals surface area contributed by atoms with Gasteiger partial charge in [0.05, 0.1) is 25.9 Å². The summed E-state index contributed by atoms with van der Waals surface area (Å²) in [5.41, 5.74) is 1.27. The molecule has 0 heterocycles. The Kier molecular flexibility index (Phi) is 4.15. The quantitative estimate of drug-likeness (QED) is 0.840. The normalized spacial score (nSPS) is 11.7. The highest BCUT2D eigenvalue weighted by atomic mass is 16.5. The van der Waals surface area contributed by atoms with Crippen molar-refractivity contribution in [1.82, 2.24) is 0 Å². The molecule has 1 N–H and O–H groups in total. The standard InChI is InChI=1S/C12H15NO3/c1-8(7-14)10-4-9(6-13)5-11(15-2)12(10)16-3/h4-5,8,14H,7H2,1-3H3. The molecule has 0 bridgehead atoms. The Morgan fingerprint density at radius 1 is 1.38 bits per heavy atom. The van der Waals surface area contributed by atoms with Crippen LogP contribution in [0.15, 0.2) is 12.1 Å². The predicted octanol–water partition coefficient (Wildman–Crippen LogP) is 1.67. The number of hydrogen-bond donors (Lipinski definition) is 1. The van der Waals surface area contributed by atoms with Gasteiger partial charge in [-0.3, -0.25) is 0 Å². The molecule has 1 aromatic carbocycles. The van der Waals surface area contributed by atoms with Crippen molar-refractivity contribution >= 4 is 0 Å². The molecule has 0 amide bonds. The van der Waals surface area contributed by atoms with Crippen molar-refractivity contribution in [1.29, 1.82) is 5.26 Å². The number of nitriles is 1. The molecular formula is C12H15NO3. The molecule has 4 nitrogen and oxygen atoms in total. The number of hydrogen-bond acceptors (Lipinski definition) is 4. The van der Waals surface area contributed by atoms with Crippen LogP contribution >= 0.6 is 0 Å². The van der Waals surface area contributed by atoms with Crippen molar-refractivity contribution in [2.75, 3.05) is 20.8 Å². The number of aliphatic hydroxyl groups is 1. The highest BCUT2D eigenvalue weighted by molar-refractivity contribution is 5.53. The molecule has 0 radical (unpaired) electrons. The van der Waals surface area contributed by atoms with Crippen LogP contribution in [0.25, 0.3) is 0 Å². The lowest BCUT2D eigenvalue weighted by Gasteiger charge is -2.16. The fourth-order valence-electron chi connectivity index (χ4n) is 1.52. The minimum absolute atomic E-state index is 0.00556. The van der Waals surface area contributed by atoms with Crippen molar-refractivity contribution in [2.24, 2.45) is 0 Å². The van der Waals surface area contributed by atoms with Gasteiger partial charge >= 0.3 is 0 Å². The van der Waals surface area contributed by atoms with Crippen molar-refractivity contribution in [3.05, 3.63) is 23.3 Å². The van der Waals surface area contributed by atoms with Gasteiger partial charge in [-0.15, -0.1) is 0 Å². The molecule has 86 valence electrons. The van der Waals surface area contributed by atoms with Gasteiger partial charge in [-0.05, 0) is 6.07 Å². The Morgan fingerprint density at radius 3 is 2.50 bits per heavy atom. The molecule has 0 saturated carbocycles. The van der Waals surface area contributed by atoms with E-state index in [4.69, 9.17) is 19.8 Å². The van der Waals surface area contributed by atoms with Crippen LogP contribution in [0.2, 0.25) is 0 Å². The highest BCUT2D eigenvalue weighted by Gasteiger charge is 2.16. The summed E-state index contributed by atoms with van der Waals surface area (Å²) < 4.78 is 10.4. The fraction of sp³-hybridized carbons (Fsp3) is 0.417. The third kappa shape index (κ3) is 2.26. The van der Waals surface area contributed by atoms with E-state index in [9.17, 15) is 0 Å². The van der Waals surface area contributed by atoms with E-state index in [0.29, 0.717) is 17.1 Å². The lowest BCUT2D eigenvalue weighted by Crippen LogP contribution is -2.04. The summed E-state index contributed by atoms with van der Waals surface area (Å²) in [5, 5.41) is 18.0. The van der Waals surface area contributed by atoms with E-state index in [1.165, 1.54) is 14.2 Å². The molecule has 0 saturated heterocycles. The molecule has 0 aliphatic heterocycles. The molecule has 1 rings (SSSR count). The summed E-state index contributed by atoms with van der Waals surface area (Å²) in [6.45, 7) is 1.85. The molecular weight excluding hydrogens is 206 g/mol. The van der Waals surface area contributed by atoms with Crippen LogP contribution in [0.4, 0.5) is 0 Å². The van der Waals surface area contributed by atoms with E-state index >= 15 is 0 Å². The van der Waals surface area contributed by atoms with Gasteiger partial charge < -0.3 is 14.6 Å². The summed E-state index contributed by atoms with van der Waals surface area (Å²) in [5.74, 6) is 0.983. The lowest BCUT2D eigenvalue weighted by molar-refractivity contribution is 0.268. The van der Waals surface area contributed by atoms with Gasteiger partial charge in [0.2, 0.25) is 0 Å². The number of ether oxygens (including phenoxy) is 2. The number of rotatable bonds is 4. The fourth-order valence-corrected chi connectivity index (χ4v) is 1.52. The van der Waals surface area contributed by atoms with Crippen molar-refractivity contribution in [3.8, 4) is 17.6 Å². The summed E-state index contributed by atoms with van der Waals surface area (Å²) in [4.78, 5) is 0. The molecule has 1 atom stereocenters. The topological polar surface area (TPSA) is 62.5 Å². The van der Waals surface area contributed by atoms with Gasteiger partial charge in [-0.2, -0.15) is 5.26 Å². The van der Waals surface area contributed by atoms with Crippen LogP contribution in [0.5, 0.6) is 11.5 Å². The van der Waals surface area contributed by atoms with E-state index < -0.39 is 0 Å². The average Bonchev–Trinajstić information content (AvgIpc) is 2.35. The van der Waals surface area contributed by atoms with Crippen LogP contribution in [0, 0.1) is 11.3 Å². The summed E-state index contributed by atoms with van der Waals surface area (Å²) >= 11 is 0. The average molecular weight is 221 g/mol. The third-order valence-electron chi connectivity index (χ3n) is 2.44. The molecule has 16 heavy (non-hydrogen) atoms. The first kappa shape index (κ1) is 12.3. The molecule has 1 unspecified atom stereocenters. The summed E-state index contributed by atoms with van der Waals surface area (Å²) in [6, 6.07) is 5.38. The van der Waals surface area contributed by atoms with Gasteiger partial charge in [0, 0.05) is 24.2 Å². The summed E-state index contributed by atoms with van der Waals surface area (Å²) in [6.07, 6.45) is 0. The monoisotopic (exact) mass is 221 g/mol. The Bertz CT molecular complexity index is 409. The van der Waals surface area contributed by atoms with E-state index in [1.54, 1.807) is 12.1 Å². The van der Waals surface area contributed by atoms with Crippen LogP contribution in [0.1, 0.15) is 24.0 Å². The van der Waals surface area contributed by atoms with Gasteiger partial charge in [0.1, 0.15) is 0 Å². The van der Waals surface area contributed by atoms with Gasteiger partial charge in [-0.1, -0.05) is 6.92 Å². The van der Waals surface area contributed by atoms with Crippen molar-refractivity contribution < 1.29 is 14.6 Å². The molecule has 0 spiro atoms. The first-order valence-electron chi connectivity index (χ1n) is 4.94. The van der Waals surface area contributed by atoms with Crippen molar-refractivity contribution in [3.63, 3.8) is 0 Å². The van der Waals surface area contributed by atoms with E-state index in [2.05, 4.69) is 6.07 Å². The third-order valence-corrected chi connectivity index (χ3v) is 2.44. The molecule has 0 aliphatic rings. The lowest BCUT2D eigenvalue weighted by atomic mass is 9.98. The summed E-state index contributed by atoms with van der Waals surface area (Å²) in [7, 11) is 3.06. The van der Waals surface area contributed by atoms with E-state index in [-0.39, 0.29) is 12.5 Å². The minimum Gasteiger partial charge on any atom is -0.493 e. The second-order valence-electron chi connectivity index (χ2n) is 3.50. The van der Waals surface area contributed by atoms with E-state index in [0.717, 1.165) is 5.56 Å². The Balaban J connectivity index is 3.38. The van der Waals surface area contributed by atoms with Crippen LogP contribution < -0.4 is 9.47 Å². The zero-order chi connectivity index (χ0) is 12.1. The van der Waals surface area contributed by atoms with Crippen LogP contribution in [-0.4, -0.2) is 25.9 Å². The minimum atomic E-state index is -0.0999. The molecule has 1 aromatic rings. The van der Waals surface area contributed by atoms with E-state index in [1.807, 2.05) is 6.92 Å². The second kappa shape index (κ2) is 5.38. The van der Waals surface area contributed by atoms with Crippen molar-refractivity contribution in [2.45, 2.75) is 12.8 Å². The molecule has 0 fully saturated rings. The molecule has 0 aliphatic carbocycles. The number of benzene rings is 1. The Hall–Kier alpha value is -1.73. The largest absolute Gasteiger partial charge is 0.493 e. The van der Waals surface area contributed by atoms with Crippen LogP contribution in [-0.2, 0) is 0 Å². The number of nitrogens with zero attached hydrogens (tertiary/aromatic N) is 1. The zero-order valence-electron chi connectivity index (χ0n) is 9.65.